The molecule has 0 bridgehead atoms. The Morgan fingerprint density at radius 3 is 2.85 bits per heavy atom. The van der Waals surface area contributed by atoms with Crippen molar-refractivity contribution in [2.45, 2.75) is 6.04 Å². The molecule has 0 N–H and O–H groups in total. The molecule has 0 aliphatic carbocycles. The van der Waals surface area contributed by atoms with Crippen LogP contribution >= 0.6 is 11.6 Å². The Morgan fingerprint density at radius 2 is 2.00 bits per heavy atom. The number of halogens is 2. The van der Waals surface area contributed by atoms with E-state index in [9.17, 15) is 4.39 Å². The third kappa shape index (κ3) is 1.60. The van der Waals surface area contributed by atoms with Crippen LogP contribution in [0.3, 0.4) is 0 Å². The minimum absolute atomic E-state index is 0.0723. The first kappa shape index (κ1) is 11.7. The first-order valence-electron chi connectivity index (χ1n) is 6.31. The quantitative estimate of drug-likeness (QED) is 0.510. The second kappa shape index (κ2) is 4.18. The fourth-order valence-corrected chi connectivity index (χ4v) is 3.14. The highest BCUT2D eigenvalue weighted by Gasteiger charge is 2.29. The van der Waals surface area contributed by atoms with E-state index in [0.717, 1.165) is 22.4 Å². The van der Waals surface area contributed by atoms with Gasteiger partial charge in [-0.05, 0) is 29.3 Å². The fraction of sp³-hybridized carbons (Fsp3) is 0.0625. The number of imidazole rings is 1. The molecule has 0 saturated carbocycles. The molecule has 1 aliphatic heterocycles. The van der Waals surface area contributed by atoms with Gasteiger partial charge in [0.25, 0.3) is 0 Å². The molecule has 0 amide bonds. The van der Waals surface area contributed by atoms with E-state index in [-0.39, 0.29) is 11.9 Å². The smallest absolute Gasteiger partial charge is 0.125 e. The van der Waals surface area contributed by atoms with Gasteiger partial charge in [0.05, 0.1) is 24.3 Å². The number of benzene rings is 2. The van der Waals surface area contributed by atoms with Gasteiger partial charge in [0, 0.05) is 10.6 Å². The summed E-state index contributed by atoms with van der Waals surface area (Å²) in [6, 6.07) is 12.7. The zero-order valence-corrected chi connectivity index (χ0v) is 11.2. The van der Waals surface area contributed by atoms with Crippen LogP contribution in [0.5, 0.6) is 0 Å². The van der Waals surface area contributed by atoms with Crippen LogP contribution in [0, 0.1) is 5.82 Å². The minimum Gasteiger partial charge on any atom is -0.319 e. The van der Waals surface area contributed by atoms with Crippen LogP contribution in [0.4, 0.5) is 4.39 Å². The van der Waals surface area contributed by atoms with Gasteiger partial charge in [-0.25, -0.2) is 9.37 Å². The van der Waals surface area contributed by atoms with Crippen molar-refractivity contribution in [3.05, 3.63) is 77.0 Å². The van der Waals surface area contributed by atoms with E-state index in [1.807, 2.05) is 18.3 Å². The summed E-state index contributed by atoms with van der Waals surface area (Å²) in [6.45, 7) is 0. The van der Waals surface area contributed by atoms with E-state index in [4.69, 9.17) is 11.6 Å². The van der Waals surface area contributed by atoms with E-state index in [1.54, 1.807) is 12.4 Å². The normalized spacial score (nSPS) is 16.0. The van der Waals surface area contributed by atoms with Crippen molar-refractivity contribution in [3.8, 4) is 11.3 Å². The molecule has 0 spiro atoms. The molecule has 2 aromatic carbocycles. The van der Waals surface area contributed by atoms with Gasteiger partial charge in [-0.15, -0.1) is 0 Å². The molecule has 0 saturated heterocycles. The van der Waals surface area contributed by atoms with Gasteiger partial charge in [0.15, 0.2) is 0 Å². The molecule has 20 heavy (non-hydrogen) atoms. The second-order valence-electron chi connectivity index (χ2n) is 4.88. The van der Waals surface area contributed by atoms with Gasteiger partial charge in [-0.3, -0.25) is 0 Å². The molecule has 1 aliphatic rings. The highest BCUT2D eigenvalue weighted by molar-refractivity contribution is 6.30. The summed E-state index contributed by atoms with van der Waals surface area (Å²) < 4.78 is 15.7. The average molecular weight is 285 g/mol. The molecule has 2 heterocycles. The maximum Gasteiger partial charge on any atom is 0.125 e. The molecule has 4 heteroatoms. The Bertz CT molecular complexity index is 789. The summed E-state index contributed by atoms with van der Waals surface area (Å²) in [4.78, 5) is 4.20. The Kier molecular flexibility index (Phi) is 2.44. The van der Waals surface area contributed by atoms with Crippen molar-refractivity contribution in [2.24, 2.45) is 0 Å². The van der Waals surface area contributed by atoms with E-state index in [0.29, 0.717) is 5.02 Å². The van der Waals surface area contributed by atoms with Gasteiger partial charge in [0.1, 0.15) is 5.82 Å². The molecule has 0 fully saturated rings. The molecular weight excluding hydrogens is 275 g/mol. The van der Waals surface area contributed by atoms with E-state index >= 15 is 0 Å². The lowest BCUT2D eigenvalue weighted by atomic mass is 9.97. The lowest BCUT2D eigenvalue weighted by Gasteiger charge is -2.15. The number of nitrogens with zero attached hydrogens (tertiary/aromatic N) is 2. The molecule has 98 valence electrons. The van der Waals surface area contributed by atoms with Crippen LogP contribution in [0.15, 0.2) is 55.0 Å². The van der Waals surface area contributed by atoms with Gasteiger partial charge in [-0.2, -0.15) is 0 Å². The highest BCUT2D eigenvalue weighted by Crippen LogP contribution is 2.42. The summed E-state index contributed by atoms with van der Waals surface area (Å²) in [5.74, 6) is -0.321. The molecular formula is C16H10ClFN2. The fourth-order valence-electron chi connectivity index (χ4n) is 2.91. The van der Waals surface area contributed by atoms with Gasteiger partial charge in [-0.1, -0.05) is 35.9 Å². The molecule has 1 unspecified atom stereocenters. The standard InChI is InChI=1S/C16H10ClFN2/c17-11-5-10(6-12(18)7-11)16-14-4-2-1-3-13(14)15-8-19-9-20(15)16/h1-9,16H. The lowest BCUT2D eigenvalue weighted by molar-refractivity contribution is 0.619. The highest BCUT2D eigenvalue weighted by atomic mass is 35.5. The first-order valence-corrected chi connectivity index (χ1v) is 6.69. The maximum atomic E-state index is 13.6. The number of hydrogen-bond acceptors (Lipinski definition) is 1. The number of fused-ring (bicyclic) bond motifs is 3. The topological polar surface area (TPSA) is 17.8 Å². The zero-order chi connectivity index (χ0) is 13.7. The van der Waals surface area contributed by atoms with E-state index < -0.39 is 0 Å². The average Bonchev–Trinajstić information content (AvgIpc) is 2.97. The van der Waals surface area contributed by atoms with Crippen LogP contribution in [-0.2, 0) is 0 Å². The lowest BCUT2D eigenvalue weighted by Crippen LogP contribution is -2.07. The SMILES string of the molecule is Fc1cc(Cl)cc(C2c3ccccc3-c3cncn32)c1. The maximum absolute atomic E-state index is 13.6. The number of hydrogen-bond donors (Lipinski definition) is 0. The Hall–Kier alpha value is -2.13. The Morgan fingerprint density at radius 1 is 1.15 bits per heavy atom. The monoisotopic (exact) mass is 284 g/mol. The van der Waals surface area contributed by atoms with Crippen LogP contribution < -0.4 is 0 Å². The summed E-state index contributed by atoms with van der Waals surface area (Å²) in [7, 11) is 0. The summed E-state index contributed by atoms with van der Waals surface area (Å²) in [5, 5.41) is 0.408. The van der Waals surface area contributed by atoms with Gasteiger partial charge >= 0.3 is 0 Å². The molecule has 1 atom stereocenters. The van der Waals surface area contributed by atoms with E-state index in [2.05, 4.69) is 21.7 Å². The summed E-state index contributed by atoms with van der Waals surface area (Å²) in [5.41, 5.74) is 4.16. The van der Waals surface area contributed by atoms with Crippen LogP contribution in [0.1, 0.15) is 17.2 Å². The third-order valence-corrected chi connectivity index (χ3v) is 3.89. The van der Waals surface area contributed by atoms with Crippen molar-refractivity contribution in [1.29, 1.82) is 0 Å². The number of rotatable bonds is 1. The van der Waals surface area contributed by atoms with Crippen molar-refractivity contribution in [3.63, 3.8) is 0 Å². The zero-order valence-electron chi connectivity index (χ0n) is 10.4. The molecule has 1 aromatic heterocycles. The van der Waals surface area contributed by atoms with Gasteiger partial charge in [0.2, 0.25) is 0 Å². The predicted octanol–water partition coefficient (Wildman–Crippen LogP) is 4.29. The summed E-state index contributed by atoms with van der Waals surface area (Å²) in [6.07, 6.45) is 3.61. The van der Waals surface area contributed by atoms with Crippen molar-refractivity contribution in [1.82, 2.24) is 9.55 Å². The van der Waals surface area contributed by atoms with Crippen LogP contribution in [0.2, 0.25) is 5.02 Å². The van der Waals surface area contributed by atoms with Crippen LogP contribution in [0.25, 0.3) is 11.3 Å². The third-order valence-electron chi connectivity index (χ3n) is 3.68. The minimum atomic E-state index is -0.321. The molecule has 4 rings (SSSR count). The van der Waals surface area contributed by atoms with Crippen molar-refractivity contribution >= 4 is 11.6 Å². The molecule has 3 aromatic rings. The van der Waals surface area contributed by atoms with Gasteiger partial charge < -0.3 is 4.57 Å². The van der Waals surface area contributed by atoms with E-state index in [1.165, 1.54) is 12.1 Å². The predicted molar refractivity (Wildman–Crippen MR) is 76.3 cm³/mol. The number of aromatic nitrogens is 2. The second-order valence-corrected chi connectivity index (χ2v) is 5.32. The molecule has 2 nitrogen and oxygen atoms in total. The summed E-state index contributed by atoms with van der Waals surface area (Å²) >= 11 is 5.99. The Balaban J connectivity index is 1.99. The van der Waals surface area contributed by atoms with Crippen molar-refractivity contribution in [2.75, 3.05) is 0 Å². The molecule has 0 radical (unpaired) electrons. The largest absolute Gasteiger partial charge is 0.319 e. The Labute approximate surface area is 120 Å². The van der Waals surface area contributed by atoms with Crippen molar-refractivity contribution < 1.29 is 4.39 Å². The van der Waals surface area contributed by atoms with Crippen LogP contribution in [-0.4, -0.2) is 9.55 Å². The first-order chi connectivity index (χ1) is 9.74.